The van der Waals surface area contributed by atoms with Gasteiger partial charge in [-0.05, 0) is 57.6 Å². The van der Waals surface area contributed by atoms with Crippen molar-refractivity contribution in [3.8, 4) is 17.0 Å². The van der Waals surface area contributed by atoms with Gasteiger partial charge in [-0.15, -0.1) is 0 Å². The van der Waals surface area contributed by atoms with E-state index in [4.69, 9.17) is 4.74 Å². The molecule has 0 spiro atoms. The fraction of sp³-hybridized carbons (Fsp3) is 0.481. The zero-order valence-electron chi connectivity index (χ0n) is 21.6. The second-order valence-corrected chi connectivity index (χ2v) is 10.3. The minimum Gasteiger partial charge on any atom is -0.492 e. The van der Waals surface area contributed by atoms with E-state index in [9.17, 15) is 24.2 Å². The standard InChI is InChI=1S/C27H32FN5O5/c1-13-8-17(21(9-18(13)28)38-11-16-4-5-16)23-25-24(30-12-29-23)22(14(2)31-25)26(36)32-19-6-7-33(10-20(19)35)27(37)15(3)34/h8-9,12,15-16,19-20,31,34-35H,4-7,10-11H2,1-3H3,(H,32,36)/t15-,19-,20+/m0/s1. The number of halogens is 1. The molecule has 1 aliphatic carbocycles. The Bertz CT molecular complexity index is 1390. The molecule has 4 N–H and O–H groups in total. The normalized spacial score (nSPS) is 20.4. The molecule has 0 bridgehead atoms. The quantitative estimate of drug-likeness (QED) is 0.371. The van der Waals surface area contributed by atoms with Crippen LogP contribution >= 0.6 is 0 Å². The number of aromatic amines is 1. The number of hydrogen-bond acceptors (Lipinski definition) is 7. The molecule has 2 fully saturated rings. The Morgan fingerprint density at radius 3 is 2.71 bits per heavy atom. The molecular formula is C27H32FN5O5. The Kier molecular flexibility index (Phi) is 7.06. The van der Waals surface area contributed by atoms with E-state index in [0.717, 1.165) is 12.8 Å². The number of nitrogens with one attached hydrogen (secondary N) is 2. The number of fused-ring (bicyclic) bond motifs is 1. The molecule has 3 aromatic rings. The summed E-state index contributed by atoms with van der Waals surface area (Å²) in [6, 6.07) is 2.49. The molecule has 3 heterocycles. The lowest BCUT2D eigenvalue weighted by Gasteiger charge is -2.36. The molecule has 2 aromatic heterocycles. The van der Waals surface area contributed by atoms with E-state index in [1.807, 2.05) is 0 Å². The maximum atomic E-state index is 14.4. The van der Waals surface area contributed by atoms with Gasteiger partial charge in [0.15, 0.2) is 0 Å². The number of benzene rings is 1. The van der Waals surface area contributed by atoms with E-state index in [-0.39, 0.29) is 12.4 Å². The number of H-pyrrole nitrogens is 1. The number of nitrogens with zero attached hydrogens (tertiary/aromatic N) is 3. The summed E-state index contributed by atoms with van der Waals surface area (Å²) < 4.78 is 20.4. The summed E-state index contributed by atoms with van der Waals surface area (Å²) in [5.74, 6) is -0.375. The molecule has 11 heteroatoms. The van der Waals surface area contributed by atoms with Gasteiger partial charge in [-0.3, -0.25) is 9.59 Å². The Labute approximate surface area is 219 Å². The zero-order chi connectivity index (χ0) is 27.1. The smallest absolute Gasteiger partial charge is 0.255 e. The number of hydrogen-bond donors (Lipinski definition) is 4. The largest absolute Gasteiger partial charge is 0.492 e. The zero-order valence-corrected chi connectivity index (χ0v) is 21.6. The van der Waals surface area contributed by atoms with Crippen LogP contribution in [0.25, 0.3) is 22.3 Å². The Morgan fingerprint density at radius 1 is 1.26 bits per heavy atom. The predicted octanol–water partition coefficient (Wildman–Crippen LogP) is 2.24. The lowest BCUT2D eigenvalue weighted by Crippen LogP contribution is -2.56. The van der Waals surface area contributed by atoms with Gasteiger partial charge in [-0.2, -0.15) is 0 Å². The molecular weight excluding hydrogens is 493 g/mol. The van der Waals surface area contributed by atoms with Crippen molar-refractivity contribution in [2.45, 2.75) is 58.3 Å². The topological polar surface area (TPSA) is 141 Å². The highest BCUT2D eigenvalue weighted by Gasteiger charge is 2.33. The van der Waals surface area contributed by atoms with Crippen LogP contribution in [0.5, 0.6) is 5.75 Å². The van der Waals surface area contributed by atoms with Crippen LogP contribution in [0.3, 0.4) is 0 Å². The Balaban J connectivity index is 1.42. The average Bonchev–Trinajstić information content (AvgIpc) is 3.64. The highest BCUT2D eigenvalue weighted by atomic mass is 19.1. The first-order chi connectivity index (χ1) is 18.1. The van der Waals surface area contributed by atoms with Crippen molar-refractivity contribution in [1.29, 1.82) is 0 Å². The third-order valence-corrected chi connectivity index (χ3v) is 7.25. The first-order valence-electron chi connectivity index (χ1n) is 12.9. The van der Waals surface area contributed by atoms with E-state index < -0.39 is 30.1 Å². The van der Waals surface area contributed by atoms with Gasteiger partial charge in [-0.25, -0.2) is 14.4 Å². The Hall–Kier alpha value is -3.57. The van der Waals surface area contributed by atoms with Crippen LogP contribution in [-0.2, 0) is 4.79 Å². The van der Waals surface area contributed by atoms with Crippen molar-refractivity contribution in [3.63, 3.8) is 0 Å². The second kappa shape index (κ2) is 10.3. The number of carbonyl (C=O) groups excluding carboxylic acids is 2. The summed E-state index contributed by atoms with van der Waals surface area (Å²) in [4.78, 5) is 38.9. The maximum absolute atomic E-state index is 14.4. The van der Waals surface area contributed by atoms with Crippen LogP contribution in [0.15, 0.2) is 18.5 Å². The first-order valence-corrected chi connectivity index (χ1v) is 12.9. The van der Waals surface area contributed by atoms with Crippen LogP contribution in [0.2, 0.25) is 0 Å². The first kappa shape index (κ1) is 26.1. The Morgan fingerprint density at radius 2 is 2.03 bits per heavy atom. The van der Waals surface area contributed by atoms with Crippen molar-refractivity contribution >= 4 is 22.8 Å². The lowest BCUT2D eigenvalue weighted by atomic mass is 10.0. The summed E-state index contributed by atoms with van der Waals surface area (Å²) >= 11 is 0. The third-order valence-electron chi connectivity index (χ3n) is 7.25. The van der Waals surface area contributed by atoms with Crippen LogP contribution in [0.1, 0.15) is 47.8 Å². The molecule has 1 saturated heterocycles. The number of likely N-dealkylation sites (tertiary alicyclic amines) is 1. The van der Waals surface area contributed by atoms with E-state index in [0.29, 0.717) is 70.4 Å². The SMILES string of the molecule is Cc1cc(-c2ncnc3c(C(=O)N[C@H]4CCN(C(=O)[C@H](C)O)C[C@H]4O)c(C)[nH]c23)c(OCC2CC2)cc1F. The van der Waals surface area contributed by atoms with Crippen LogP contribution in [0, 0.1) is 25.6 Å². The molecule has 1 saturated carbocycles. The minimum atomic E-state index is -1.15. The molecule has 0 radical (unpaired) electrons. The fourth-order valence-corrected chi connectivity index (χ4v) is 4.87. The molecule has 1 aliphatic heterocycles. The number of rotatable bonds is 7. The van der Waals surface area contributed by atoms with Crippen molar-refractivity contribution < 1.29 is 28.9 Å². The van der Waals surface area contributed by atoms with E-state index in [1.165, 1.54) is 24.2 Å². The van der Waals surface area contributed by atoms with E-state index in [1.54, 1.807) is 19.9 Å². The lowest BCUT2D eigenvalue weighted by molar-refractivity contribution is -0.142. The number of aliphatic hydroxyl groups excluding tert-OH is 2. The molecule has 1 aromatic carbocycles. The molecule has 2 amide bonds. The second-order valence-electron chi connectivity index (χ2n) is 10.3. The van der Waals surface area contributed by atoms with Gasteiger partial charge in [0.05, 0.1) is 29.8 Å². The molecule has 202 valence electrons. The van der Waals surface area contributed by atoms with Gasteiger partial charge >= 0.3 is 0 Å². The van der Waals surface area contributed by atoms with Crippen molar-refractivity contribution in [2.24, 2.45) is 5.92 Å². The number of piperidine rings is 1. The molecule has 0 unspecified atom stereocenters. The number of amides is 2. The fourth-order valence-electron chi connectivity index (χ4n) is 4.87. The minimum absolute atomic E-state index is 0.0153. The van der Waals surface area contributed by atoms with E-state index >= 15 is 0 Å². The summed E-state index contributed by atoms with van der Waals surface area (Å²) in [7, 11) is 0. The number of β-amino-alcohol motifs (C(OH)–C–C–N with tert-alkyl or cyclic N) is 1. The number of aromatic nitrogens is 3. The highest BCUT2D eigenvalue weighted by molar-refractivity contribution is 6.09. The van der Waals surface area contributed by atoms with Crippen LogP contribution in [0.4, 0.5) is 4.39 Å². The molecule has 38 heavy (non-hydrogen) atoms. The van der Waals surface area contributed by atoms with Crippen molar-refractivity contribution in [3.05, 3.63) is 41.1 Å². The third kappa shape index (κ3) is 5.08. The predicted molar refractivity (Wildman–Crippen MR) is 137 cm³/mol. The summed E-state index contributed by atoms with van der Waals surface area (Å²) in [6.45, 7) is 5.63. The van der Waals surface area contributed by atoms with Crippen LogP contribution < -0.4 is 10.1 Å². The summed E-state index contributed by atoms with van der Waals surface area (Å²) in [6.07, 6.45) is 1.75. The van der Waals surface area contributed by atoms with Crippen molar-refractivity contribution in [2.75, 3.05) is 19.7 Å². The van der Waals surface area contributed by atoms with Gasteiger partial charge in [-0.1, -0.05) is 0 Å². The highest BCUT2D eigenvalue weighted by Crippen LogP contribution is 2.37. The average molecular weight is 526 g/mol. The van der Waals surface area contributed by atoms with E-state index in [2.05, 4.69) is 20.3 Å². The number of aryl methyl sites for hydroxylation is 2. The molecule has 3 atom stereocenters. The van der Waals surface area contributed by atoms with Crippen LogP contribution in [-0.4, -0.2) is 79.8 Å². The van der Waals surface area contributed by atoms with Gasteiger partial charge in [0.2, 0.25) is 0 Å². The van der Waals surface area contributed by atoms with Crippen molar-refractivity contribution in [1.82, 2.24) is 25.2 Å². The van der Waals surface area contributed by atoms with Gasteiger partial charge in [0.25, 0.3) is 11.8 Å². The molecule has 2 aliphatic rings. The molecule has 5 rings (SSSR count). The summed E-state index contributed by atoms with van der Waals surface area (Å²) in [5, 5.41) is 23.0. The number of carbonyl (C=O) groups is 2. The maximum Gasteiger partial charge on any atom is 0.255 e. The monoisotopic (exact) mass is 525 g/mol. The van der Waals surface area contributed by atoms with Gasteiger partial charge < -0.3 is 30.2 Å². The number of ether oxygens (including phenoxy) is 1. The van der Waals surface area contributed by atoms with Gasteiger partial charge in [0.1, 0.15) is 35.2 Å². The summed E-state index contributed by atoms with van der Waals surface area (Å²) in [5.41, 5.74) is 3.35. The molecule has 10 nitrogen and oxygen atoms in total. The number of aliphatic hydroxyl groups is 2. The van der Waals surface area contributed by atoms with Gasteiger partial charge in [0, 0.05) is 30.4 Å².